The predicted molar refractivity (Wildman–Crippen MR) is 149 cm³/mol. The molecule has 2 aromatic rings. The van der Waals surface area contributed by atoms with E-state index in [4.69, 9.17) is 0 Å². The van der Waals surface area contributed by atoms with Gasteiger partial charge in [-0.05, 0) is 78.0 Å². The summed E-state index contributed by atoms with van der Waals surface area (Å²) >= 11 is 0. The van der Waals surface area contributed by atoms with E-state index >= 15 is 0 Å². The van der Waals surface area contributed by atoms with Crippen LogP contribution >= 0.6 is 0 Å². The maximum atomic E-state index is 4.17. The van der Waals surface area contributed by atoms with E-state index in [0.29, 0.717) is 5.92 Å². The number of unbranched alkanes of at least 4 members (excludes halogenated alkanes) is 1. The van der Waals surface area contributed by atoms with Gasteiger partial charge in [0.2, 0.25) is 0 Å². The molecule has 1 N–H and O–H groups in total. The van der Waals surface area contributed by atoms with Crippen LogP contribution in [0.3, 0.4) is 0 Å². The van der Waals surface area contributed by atoms with Gasteiger partial charge in [-0.25, -0.2) is 0 Å². The molecule has 1 heteroatoms. The van der Waals surface area contributed by atoms with Crippen molar-refractivity contribution in [2.45, 2.75) is 78.1 Å². The van der Waals surface area contributed by atoms with Crippen LogP contribution in [0.5, 0.6) is 0 Å². The van der Waals surface area contributed by atoms with Gasteiger partial charge in [-0.2, -0.15) is 0 Å². The first-order valence-corrected chi connectivity index (χ1v) is 13.4. The average molecular weight is 452 g/mol. The molecule has 2 aliphatic rings. The van der Waals surface area contributed by atoms with Crippen molar-refractivity contribution < 1.29 is 0 Å². The lowest BCUT2D eigenvalue weighted by Gasteiger charge is -2.28. The number of hydrogen-bond donors (Lipinski definition) is 1. The van der Waals surface area contributed by atoms with Gasteiger partial charge in [0.1, 0.15) is 0 Å². The minimum atomic E-state index is 0.379. The summed E-state index contributed by atoms with van der Waals surface area (Å²) in [5.41, 5.74) is 12.9. The summed E-state index contributed by atoms with van der Waals surface area (Å²) in [5, 5.41) is 3.81. The van der Waals surface area contributed by atoms with Gasteiger partial charge in [0.05, 0.1) is 0 Å². The zero-order valence-electron chi connectivity index (χ0n) is 21.4. The normalized spacial score (nSPS) is 16.0. The molecule has 178 valence electrons. The maximum Gasteiger partial charge on any atom is 0.0422 e. The highest BCUT2D eigenvalue weighted by atomic mass is 14.9. The van der Waals surface area contributed by atoms with Crippen LogP contribution in [-0.2, 0) is 19.3 Å². The summed E-state index contributed by atoms with van der Waals surface area (Å²) in [6.07, 6.45) is 18.5. The molecule has 0 amide bonds. The number of benzene rings is 2. The largest absolute Gasteiger partial charge is 0.380 e. The molecule has 1 heterocycles. The highest BCUT2D eigenvalue weighted by Crippen LogP contribution is 2.37. The highest BCUT2D eigenvalue weighted by molar-refractivity contribution is 5.81. The topological polar surface area (TPSA) is 12.0 Å². The van der Waals surface area contributed by atoms with Crippen molar-refractivity contribution in [1.29, 1.82) is 0 Å². The van der Waals surface area contributed by atoms with Gasteiger partial charge in [0.15, 0.2) is 0 Å². The second-order valence-electron chi connectivity index (χ2n) is 9.84. The molecular weight excluding hydrogens is 410 g/mol. The summed E-state index contributed by atoms with van der Waals surface area (Å²) in [6.45, 7) is 11.8. The van der Waals surface area contributed by atoms with Crippen molar-refractivity contribution >= 4 is 11.3 Å². The number of hydrogen-bond acceptors (Lipinski definition) is 1. The highest BCUT2D eigenvalue weighted by Gasteiger charge is 2.23. The molecule has 0 bridgehead atoms. The molecule has 0 radical (unpaired) electrons. The molecule has 0 saturated carbocycles. The van der Waals surface area contributed by atoms with E-state index in [1.807, 2.05) is 0 Å². The fraction of sp³-hybridized carbons (Fsp3) is 0.394. The number of dihydropyridines is 1. The van der Waals surface area contributed by atoms with E-state index < -0.39 is 0 Å². The fourth-order valence-electron chi connectivity index (χ4n) is 5.44. The minimum absolute atomic E-state index is 0.379. The van der Waals surface area contributed by atoms with Crippen molar-refractivity contribution in [2.24, 2.45) is 0 Å². The van der Waals surface area contributed by atoms with Gasteiger partial charge < -0.3 is 5.32 Å². The van der Waals surface area contributed by atoms with Crippen LogP contribution in [-0.4, -0.2) is 6.54 Å². The van der Waals surface area contributed by atoms with E-state index in [1.165, 1.54) is 76.8 Å². The third kappa shape index (κ3) is 5.30. The Morgan fingerprint density at radius 2 is 1.79 bits per heavy atom. The smallest absolute Gasteiger partial charge is 0.0422 e. The second-order valence-corrected chi connectivity index (χ2v) is 9.84. The zero-order chi connectivity index (χ0) is 23.9. The molecule has 1 aliphatic carbocycles. The fourth-order valence-corrected chi connectivity index (χ4v) is 5.44. The molecule has 0 saturated heterocycles. The van der Waals surface area contributed by atoms with Crippen LogP contribution in [0.2, 0.25) is 0 Å². The summed E-state index contributed by atoms with van der Waals surface area (Å²) in [4.78, 5) is 0. The lowest BCUT2D eigenvalue weighted by atomic mass is 9.79. The molecule has 1 aliphatic heterocycles. The first-order valence-electron chi connectivity index (χ1n) is 13.4. The summed E-state index contributed by atoms with van der Waals surface area (Å²) < 4.78 is 0. The van der Waals surface area contributed by atoms with Gasteiger partial charge in [-0.3, -0.25) is 0 Å². The van der Waals surface area contributed by atoms with E-state index in [0.717, 1.165) is 25.8 Å². The van der Waals surface area contributed by atoms with Crippen molar-refractivity contribution in [3.8, 4) is 0 Å². The Balaban J connectivity index is 1.69. The molecule has 34 heavy (non-hydrogen) atoms. The van der Waals surface area contributed by atoms with Crippen molar-refractivity contribution in [2.75, 3.05) is 6.54 Å². The van der Waals surface area contributed by atoms with Crippen molar-refractivity contribution in [1.82, 2.24) is 5.32 Å². The van der Waals surface area contributed by atoms with Gasteiger partial charge in [-0.1, -0.05) is 93.8 Å². The van der Waals surface area contributed by atoms with Crippen LogP contribution in [0.1, 0.15) is 92.2 Å². The lowest BCUT2D eigenvalue weighted by Crippen LogP contribution is -2.22. The monoisotopic (exact) mass is 451 g/mol. The predicted octanol–water partition coefficient (Wildman–Crippen LogP) is 8.56. The SMILES string of the molecule is C=CC(CC)c1ccc2c(c1C1=CC=C(c3ccc(CCCC)cc3)CN1)CC(CCC)=CC2. The number of aryl methyl sites for hydroxylation is 1. The molecule has 4 rings (SSSR count). The van der Waals surface area contributed by atoms with Crippen LogP contribution in [0.15, 0.2) is 72.9 Å². The Morgan fingerprint density at radius 3 is 2.44 bits per heavy atom. The summed E-state index contributed by atoms with van der Waals surface area (Å²) in [5.74, 6) is 0.379. The second kappa shape index (κ2) is 11.6. The van der Waals surface area contributed by atoms with Crippen LogP contribution in [0.25, 0.3) is 11.3 Å². The number of allylic oxidation sites excluding steroid dienone is 5. The third-order valence-corrected chi connectivity index (χ3v) is 7.49. The van der Waals surface area contributed by atoms with E-state index in [-0.39, 0.29) is 0 Å². The quantitative estimate of drug-likeness (QED) is 0.357. The molecule has 1 nitrogen and oxygen atoms in total. The number of rotatable bonds is 10. The van der Waals surface area contributed by atoms with Gasteiger partial charge >= 0.3 is 0 Å². The Hall–Kier alpha value is -2.80. The van der Waals surface area contributed by atoms with E-state index in [9.17, 15) is 0 Å². The van der Waals surface area contributed by atoms with Gasteiger partial charge in [0.25, 0.3) is 0 Å². The zero-order valence-corrected chi connectivity index (χ0v) is 21.4. The van der Waals surface area contributed by atoms with Gasteiger partial charge in [0, 0.05) is 23.7 Å². The molecule has 0 fully saturated rings. The van der Waals surface area contributed by atoms with Crippen molar-refractivity contribution in [3.05, 3.63) is 106 Å². The Morgan fingerprint density at radius 1 is 0.971 bits per heavy atom. The van der Waals surface area contributed by atoms with Gasteiger partial charge in [-0.15, -0.1) is 6.58 Å². The first kappa shape index (κ1) is 24.3. The summed E-state index contributed by atoms with van der Waals surface area (Å²) in [7, 11) is 0. The maximum absolute atomic E-state index is 4.17. The van der Waals surface area contributed by atoms with E-state index in [1.54, 1.807) is 5.57 Å². The number of nitrogens with one attached hydrogen (secondary N) is 1. The number of fused-ring (bicyclic) bond motifs is 1. The lowest BCUT2D eigenvalue weighted by molar-refractivity contribution is 0.791. The van der Waals surface area contributed by atoms with E-state index in [2.05, 4.69) is 93.4 Å². The van der Waals surface area contributed by atoms with Crippen LogP contribution in [0, 0.1) is 0 Å². The summed E-state index contributed by atoms with van der Waals surface area (Å²) in [6, 6.07) is 13.9. The third-order valence-electron chi connectivity index (χ3n) is 7.49. The van der Waals surface area contributed by atoms with Crippen molar-refractivity contribution in [3.63, 3.8) is 0 Å². The Kier molecular flexibility index (Phi) is 8.27. The Labute approximate surface area is 207 Å². The molecule has 1 unspecified atom stereocenters. The Bertz CT molecular complexity index is 1090. The minimum Gasteiger partial charge on any atom is -0.380 e. The first-order chi connectivity index (χ1) is 16.7. The molecule has 0 spiro atoms. The molecule has 1 atom stereocenters. The molecule has 2 aromatic carbocycles. The average Bonchev–Trinajstić information content (AvgIpc) is 2.88. The van der Waals surface area contributed by atoms with Crippen LogP contribution in [0.4, 0.5) is 0 Å². The molecule has 0 aromatic heterocycles. The molecular formula is C33H41N. The standard InChI is InChI=1S/C33H41N/c1-5-9-11-24-12-15-27(16-13-24)29-19-21-32(34-23-29)33-30(26(7-3)8-4)20-18-28-17-14-25(10-6-2)22-31(28)33/h7,12-16,18-21,26,34H,3,5-6,8-11,17,22-23H2,1-2,4H3. The van der Waals surface area contributed by atoms with Crippen LogP contribution < -0.4 is 5.32 Å².